The smallest absolute Gasteiger partial charge is 0.246 e. The number of hydrogen-bond donors (Lipinski definition) is 2. The van der Waals surface area contributed by atoms with E-state index in [1.54, 1.807) is 31.2 Å². The molecule has 0 amide bonds. The zero-order valence-corrected chi connectivity index (χ0v) is 25.4. The molecule has 8 heteroatoms. The van der Waals surface area contributed by atoms with Crippen LogP contribution in [0.25, 0.3) is 10.8 Å². The Balaban J connectivity index is 1.69. The number of hydrogen-bond acceptors (Lipinski definition) is 5. The first-order valence-electron chi connectivity index (χ1n) is 14.0. The Morgan fingerprint density at radius 1 is 0.762 bits per heavy atom. The van der Waals surface area contributed by atoms with E-state index in [0.29, 0.717) is 0 Å². The third kappa shape index (κ3) is 6.66. The minimum Gasteiger partial charge on any atom is -0.370 e. The van der Waals surface area contributed by atoms with Crippen LogP contribution in [0.1, 0.15) is 29.4 Å². The number of rotatable bonds is 12. The van der Waals surface area contributed by atoms with Crippen molar-refractivity contribution in [3.63, 3.8) is 0 Å². The molecular weight excluding hydrogens is 563 g/mol. The van der Waals surface area contributed by atoms with Gasteiger partial charge in [0.05, 0.1) is 11.5 Å². The summed E-state index contributed by atoms with van der Waals surface area (Å²) in [4.78, 5) is 0.104. The van der Waals surface area contributed by atoms with Gasteiger partial charge >= 0.3 is 0 Å². The molecule has 6 nitrogen and oxygen atoms in total. The van der Waals surface area contributed by atoms with Crippen molar-refractivity contribution in [1.29, 1.82) is 0 Å². The average molecular weight is 599 g/mol. The summed E-state index contributed by atoms with van der Waals surface area (Å²) in [7, 11) is -7.98. The van der Waals surface area contributed by atoms with Crippen molar-refractivity contribution in [3.05, 3.63) is 144 Å². The van der Waals surface area contributed by atoms with Crippen molar-refractivity contribution in [2.75, 3.05) is 11.9 Å². The third-order valence-corrected chi connectivity index (χ3v) is 11.8. The fourth-order valence-corrected chi connectivity index (χ4v) is 9.71. The Bertz CT molecular complexity index is 1770. The highest BCUT2D eigenvalue weighted by molar-refractivity contribution is 7.90. The van der Waals surface area contributed by atoms with Crippen molar-refractivity contribution in [1.82, 2.24) is 4.72 Å². The second kappa shape index (κ2) is 13.1. The van der Waals surface area contributed by atoms with Gasteiger partial charge in [-0.25, -0.2) is 8.42 Å². The number of para-hydroxylation sites is 1. The molecule has 0 fully saturated rings. The molecule has 0 aliphatic carbocycles. The van der Waals surface area contributed by atoms with E-state index in [2.05, 4.69) is 10.0 Å². The maximum Gasteiger partial charge on any atom is 0.246 e. The van der Waals surface area contributed by atoms with Gasteiger partial charge < -0.3 is 9.84 Å². The predicted molar refractivity (Wildman–Crippen MR) is 171 cm³/mol. The van der Waals surface area contributed by atoms with E-state index in [1.807, 2.05) is 110 Å². The second-order valence-electron chi connectivity index (χ2n) is 10.2. The summed E-state index contributed by atoms with van der Waals surface area (Å²) < 4.78 is 52.4. The number of anilines is 1. The number of aryl methyl sites for hydroxylation is 1. The van der Waals surface area contributed by atoms with Crippen molar-refractivity contribution in [2.45, 2.75) is 36.7 Å². The molecule has 0 bridgehead atoms. The van der Waals surface area contributed by atoms with Gasteiger partial charge in [0, 0.05) is 5.69 Å². The van der Waals surface area contributed by atoms with Crippen LogP contribution in [0.4, 0.5) is 5.69 Å². The van der Waals surface area contributed by atoms with Crippen LogP contribution in [-0.4, -0.2) is 20.8 Å². The van der Waals surface area contributed by atoms with Crippen LogP contribution in [0.2, 0.25) is 0 Å². The van der Waals surface area contributed by atoms with Gasteiger partial charge in [0.1, 0.15) is 11.6 Å². The van der Waals surface area contributed by atoms with Crippen LogP contribution in [0.5, 0.6) is 0 Å². The zero-order valence-electron chi connectivity index (χ0n) is 23.7. The topological polar surface area (TPSA) is 84.5 Å². The van der Waals surface area contributed by atoms with Crippen molar-refractivity contribution in [3.8, 4) is 0 Å². The predicted octanol–water partition coefficient (Wildman–Crippen LogP) is 8.12. The SMILES string of the molecule is CCOP(=O)([C@H](Cc1ccccc1)NS(=O)(=O)c1ccc(C)cc1)[C@@H](Nc1ccccc1)c1cccc2ccccc12. The lowest BCUT2D eigenvalue weighted by atomic mass is 10.0. The summed E-state index contributed by atoms with van der Waals surface area (Å²) in [5, 5.41) is 5.38. The van der Waals surface area contributed by atoms with Gasteiger partial charge in [-0.1, -0.05) is 109 Å². The van der Waals surface area contributed by atoms with Crippen molar-refractivity contribution in [2.24, 2.45) is 0 Å². The molecule has 3 atom stereocenters. The van der Waals surface area contributed by atoms with Crippen LogP contribution in [-0.2, 0) is 25.5 Å². The Morgan fingerprint density at radius 3 is 2.07 bits per heavy atom. The Labute approximate surface area is 248 Å². The third-order valence-electron chi connectivity index (χ3n) is 7.21. The highest BCUT2D eigenvalue weighted by atomic mass is 32.2. The van der Waals surface area contributed by atoms with Gasteiger partial charge in [-0.3, -0.25) is 4.57 Å². The van der Waals surface area contributed by atoms with Gasteiger partial charge in [0.2, 0.25) is 17.4 Å². The lowest BCUT2D eigenvalue weighted by Gasteiger charge is -2.35. The molecule has 0 aromatic heterocycles. The first kappa shape index (κ1) is 29.7. The molecule has 0 saturated carbocycles. The van der Waals surface area contributed by atoms with E-state index in [4.69, 9.17) is 4.52 Å². The number of fused-ring (bicyclic) bond motifs is 1. The van der Waals surface area contributed by atoms with E-state index < -0.39 is 29.0 Å². The summed E-state index contributed by atoms with van der Waals surface area (Å²) in [6.07, 6.45) is 0.168. The molecule has 0 radical (unpaired) electrons. The van der Waals surface area contributed by atoms with Gasteiger partial charge in [0.15, 0.2) is 0 Å². The molecule has 5 aromatic rings. The minimum atomic E-state index is -4.06. The maximum absolute atomic E-state index is 15.6. The molecule has 0 aliphatic heterocycles. The summed E-state index contributed by atoms with van der Waals surface area (Å²) in [6.45, 7) is 3.81. The first-order valence-corrected chi connectivity index (χ1v) is 17.2. The molecule has 0 saturated heterocycles. The fraction of sp³-hybridized carbons (Fsp3) is 0.176. The monoisotopic (exact) mass is 598 g/mol. The zero-order chi connectivity index (χ0) is 29.6. The summed E-state index contributed by atoms with van der Waals surface area (Å²) >= 11 is 0. The molecule has 5 aromatic carbocycles. The van der Waals surface area contributed by atoms with Crippen LogP contribution < -0.4 is 10.0 Å². The van der Waals surface area contributed by atoms with Gasteiger partial charge in [-0.15, -0.1) is 0 Å². The maximum atomic E-state index is 15.6. The van der Waals surface area contributed by atoms with Gasteiger partial charge in [-0.2, -0.15) is 4.72 Å². The van der Waals surface area contributed by atoms with E-state index in [0.717, 1.165) is 33.2 Å². The molecule has 2 N–H and O–H groups in total. The summed E-state index contributed by atoms with van der Waals surface area (Å²) in [5.41, 5.74) is 3.29. The lowest BCUT2D eigenvalue weighted by molar-refractivity contribution is 0.316. The largest absolute Gasteiger partial charge is 0.370 e. The standard InChI is InChI=1S/C34H35N2O4PS/c1-3-40-41(37,33(25-27-13-6-4-7-14-27)36-42(38,39)30-23-21-26(2)22-24-30)34(35-29-17-8-5-9-18-29)32-20-12-16-28-15-10-11-19-31(28)32/h4-24,33-36H,3,25H2,1-2H3/t33-,34-,41?/m1/s1. The summed E-state index contributed by atoms with van der Waals surface area (Å²) in [5.74, 6) is -1.94. The quantitative estimate of drug-likeness (QED) is 0.142. The first-order chi connectivity index (χ1) is 20.3. The number of benzene rings is 5. The number of nitrogens with one attached hydrogen (secondary N) is 2. The van der Waals surface area contributed by atoms with E-state index >= 15 is 4.57 Å². The van der Waals surface area contributed by atoms with E-state index in [-0.39, 0.29) is 17.9 Å². The lowest BCUT2D eigenvalue weighted by Crippen LogP contribution is -2.39. The van der Waals surface area contributed by atoms with E-state index in [1.165, 1.54) is 0 Å². The molecule has 0 heterocycles. The Kier molecular flexibility index (Phi) is 9.24. The van der Waals surface area contributed by atoms with Gasteiger partial charge in [0.25, 0.3) is 0 Å². The molecule has 0 spiro atoms. The van der Waals surface area contributed by atoms with Crippen LogP contribution >= 0.6 is 7.37 Å². The Morgan fingerprint density at radius 2 is 1.38 bits per heavy atom. The molecule has 5 rings (SSSR count). The fourth-order valence-electron chi connectivity index (χ4n) is 5.13. The van der Waals surface area contributed by atoms with Crippen LogP contribution in [0.15, 0.2) is 132 Å². The highest BCUT2D eigenvalue weighted by Crippen LogP contribution is 2.64. The molecule has 216 valence electrons. The molecule has 1 unspecified atom stereocenters. The van der Waals surface area contributed by atoms with Crippen molar-refractivity contribution >= 4 is 33.9 Å². The second-order valence-corrected chi connectivity index (χ2v) is 14.6. The number of sulfonamides is 1. The van der Waals surface area contributed by atoms with E-state index in [9.17, 15) is 8.42 Å². The Hall–Kier alpha value is -3.74. The van der Waals surface area contributed by atoms with Crippen LogP contribution in [0, 0.1) is 6.92 Å². The normalized spacial score (nSPS) is 14.6. The molecular formula is C34H35N2O4PS. The van der Waals surface area contributed by atoms with Crippen LogP contribution in [0.3, 0.4) is 0 Å². The van der Waals surface area contributed by atoms with Gasteiger partial charge in [-0.05, 0) is 66.4 Å². The highest BCUT2D eigenvalue weighted by Gasteiger charge is 2.45. The summed E-state index contributed by atoms with van der Waals surface area (Å²) in [6, 6.07) is 39.4. The molecule has 0 aliphatic rings. The van der Waals surface area contributed by atoms with Crippen molar-refractivity contribution < 1.29 is 17.5 Å². The average Bonchev–Trinajstić information content (AvgIpc) is 3.00. The molecule has 42 heavy (non-hydrogen) atoms. The minimum absolute atomic E-state index is 0.104.